The molecule has 92 valence electrons. The van der Waals surface area contributed by atoms with Crippen LogP contribution in [-0.2, 0) is 0 Å². The number of hydrogen-bond donors (Lipinski definition) is 0. The van der Waals surface area contributed by atoms with E-state index in [0.717, 1.165) is 12.8 Å². The van der Waals surface area contributed by atoms with Gasteiger partial charge in [0.25, 0.3) is 0 Å². The molecule has 1 aliphatic rings. The van der Waals surface area contributed by atoms with Gasteiger partial charge in [0, 0.05) is 12.1 Å². The predicted molar refractivity (Wildman–Crippen MR) is 66.8 cm³/mol. The fraction of sp³-hybridized carbons (Fsp3) is 0.643. The molecule has 2 atom stereocenters. The van der Waals surface area contributed by atoms with Gasteiger partial charge in [-0.15, -0.1) is 0 Å². The molecule has 0 bridgehead atoms. The topological polar surface area (TPSA) is 42.9 Å². The van der Waals surface area contributed by atoms with Crippen LogP contribution >= 0.6 is 0 Å². The van der Waals surface area contributed by atoms with Gasteiger partial charge in [0.05, 0.1) is 0 Å². The monoisotopic (exact) mass is 232 g/mol. The van der Waals surface area contributed by atoms with Crippen molar-refractivity contribution in [3.8, 4) is 0 Å². The Bertz CT molecular complexity index is 406. The highest BCUT2D eigenvalue weighted by Gasteiger charge is 2.30. The summed E-state index contributed by atoms with van der Waals surface area (Å²) in [5, 5.41) is 0. The van der Waals surface area contributed by atoms with Crippen molar-refractivity contribution in [3.63, 3.8) is 0 Å². The van der Waals surface area contributed by atoms with E-state index in [0.29, 0.717) is 23.4 Å². The molecule has 1 aliphatic carbocycles. The molecule has 2 unspecified atom stereocenters. The zero-order valence-electron chi connectivity index (χ0n) is 10.8. The third kappa shape index (κ3) is 2.90. The lowest BCUT2D eigenvalue weighted by Gasteiger charge is -2.30. The van der Waals surface area contributed by atoms with Crippen LogP contribution in [0.3, 0.4) is 0 Å². The molecule has 1 aromatic heterocycles. The van der Waals surface area contributed by atoms with Gasteiger partial charge in [-0.2, -0.15) is 0 Å². The zero-order valence-corrected chi connectivity index (χ0v) is 10.8. The van der Waals surface area contributed by atoms with Crippen molar-refractivity contribution >= 4 is 5.78 Å². The maximum absolute atomic E-state index is 12.4. The number of hydrogen-bond acceptors (Lipinski definition) is 3. The van der Waals surface area contributed by atoms with Gasteiger partial charge in [0.2, 0.25) is 0 Å². The first-order valence-corrected chi connectivity index (χ1v) is 6.40. The van der Waals surface area contributed by atoms with E-state index >= 15 is 0 Å². The number of Topliss-reactive ketones (excluding diaryl/α,β-unsaturated/α-hetero) is 1. The summed E-state index contributed by atoms with van der Waals surface area (Å²) in [7, 11) is 0. The highest BCUT2D eigenvalue weighted by Crippen LogP contribution is 2.34. The van der Waals surface area contributed by atoms with Crippen LogP contribution in [0.2, 0.25) is 0 Å². The first kappa shape index (κ1) is 12.2. The normalized spacial score (nSPS) is 29.0. The van der Waals surface area contributed by atoms with Crippen LogP contribution in [0.5, 0.6) is 0 Å². The van der Waals surface area contributed by atoms with Crippen molar-refractivity contribution in [2.24, 2.45) is 17.8 Å². The smallest absolute Gasteiger partial charge is 0.184 e. The van der Waals surface area contributed by atoms with Crippen molar-refractivity contribution in [1.29, 1.82) is 0 Å². The Kier molecular flexibility index (Phi) is 3.55. The Hall–Kier alpha value is -1.25. The Morgan fingerprint density at radius 3 is 2.47 bits per heavy atom. The molecule has 1 fully saturated rings. The molecule has 1 saturated carbocycles. The van der Waals surface area contributed by atoms with E-state index in [9.17, 15) is 4.79 Å². The van der Waals surface area contributed by atoms with Crippen molar-refractivity contribution in [1.82, 2.24) is 9.97 Å². The summed E-state index contributed by atoms with van der Waals surface area (Å²) >= 11 is 0. The molecule has 0 radical (unpaired) electrons. The highest BCUT2D eigenvalue weighted by molar-refractivity contribution is 5.96. The van der Waals surface area contributed by atoms with Crippen LogP contribution < -0.4 is 0 Å². The number of ketones is 1. The number of rotatable bonds is 2. The Morgan fingerprint density at radius 1 is 1.24 bits per heavy atom. The summed E-state index contributed by atoms with van der Waals surface area (Å²) in [4.78, 5) is 20.6. The summed E-state index contributed by atoms with van der Waals surface area (Å²) in [5.74, 6) is 2.33. The SMILES string of the molecule is Cc1nccc(C(=O)C2CC(C)CC(C)C2)n1. The van der Waals surface area contributed by atoms with Crippen LogP contribution in [0.4, 0.5) is 0 Å². The molecule has 0 N–H and O–H groups in total. The van der Waals surface area contributed by atoms with Crippen molar-refractivity contribution in [2.45, 2.75) is 40.0 Å². The molecular weight excluding hydrogens is 212 g/mol. The summed E-state index contributed by atoms with van der Waals surface area (Å²) < 4.78 is 0. The van der Waals surface area contributed by atoms with Gasteiger partial charge in [0.1, 0.15) is 11.5 Å². The minimum absolute atomic E-state index is 0.156. The fourth-order valence-electron chi connectivity index (χ4n) is 2.96. The lowest BCUT2D eigenvalue weighted by Crippen LogP contribution is -2.26. The molecule has 3 heteroatoms. The fourth-order valence-corrected chi connectivity index (χ4v) is 2.96. The molecule has 1 aromatic rings. The van der Waals surface area contributed by atoms with Gasteiger partial charge in [-0.05, 0) is 44.1 Å². The first-order valence-electron chi connectivity index (χ1n) is 6.40. The average Bonchev–Trinajstić information content (AvgIpc) is 2.26. The zero-order chi connectivity index (χ0) is 12.4. The van der Waals surface area contributed by atoms with E-state index in [1.54, 1.807) is 12.3 Å². The lowest BCUT2D eigenvalue weighted by atomic mass is 9.74. The second-order valence-electron chi connectivity index (χ2n) is 5.47. The maximum Gasteiger partial charge on any atom is 0.184 e. The van der Waals surface area contributed by atoms with Crippen LogP contribution in [-0.4, -0.2) is 15.8 Å². The van der Waals surface area contributed by atoms with Crippen LogP contribution in [0, 0.1) is 24.7 Å². The van der Waals surface area contributed by atoms with E-state index < -0.39 is 0 Å². The van der Waals surface area contributed by atoms with Crippen molar-refractivity contribution in [3.05, 3.63) is 23.8 Å². The number of carbonyl (C=O) groups is 1. The second kappa shape index (κ2) is 4.94. The number of carbonyl (C=O) groups excluding carboxylic acids is 1. The Balaban J connectivity index is 2.14. The van der Waals surface area contributed by atoms with E-state index in [1.165, 1.54) is 6.42 Å². The van der Waals surface area contributed by atoms with E-state index in [-0.39, 0.29) is 11.7 Å². The first-order chi connectivity index (χ1) is 8.06. The van der Waals surface area contributed by atoms with Crippen molar-refractivity contribution in [2.75, 3.05) is 0 Å². The minimum Gasteiger partial charge on any atom is -0.292 e. The standard InChI is InChI=1S/C14H20N2O/c1-9-6-10(2)8-12(7-9)14(17)13-4-5-15-11(3)16-13/h4-5,9-10,12H,6-8H2,1-3H3. The van der Waals surface area contributed by atoms with E-state index in [2.05, 4.69) is 23.8 Å². The molecule has 3 nitrogen and oxygen atoms in total. The third-order valence-corrected chi connectivity index (χ3v) is 3.58. The van der Waals surface area contributed by atoms with E-state index in [4.69, 9.17) is 0 Å². The molecular formula is C14H20N2O. The summed E-state index contributed by atoms with van der Waals surface area (Å²) in [6.07, 6.45) is 4.93. The quantitative estimate of drug-likeness (QED) is 0.736. The molecule has 0 aliphatic heterocycles. The molecule has 17 heavy (non-hydrogen) atoms. The number of aryl methyl sites for hydroxylation is 1. The highest BCUT2D eigenvalue weighted by atomic mass is 16.1. The Labute approximate surface area is 103 Å². The molecule has 0 spiro atoms. The van der Waals surface area contributed by atoms with Gasteiger partial charge in [0.15, 0.2) is 5.78 Å². The van der Waals surface area contributed by atoms with Gasteiger partial charge in [-0.1, -0.05) is 13.8 Å². The molecule has 0 saturated heterocycles. The predicted octanol–water partition coefficient (Wildman–Crippen LogP) is 3.04. The van der Waals surface area contributed by atoms with Crippen LogP contribution in [0.1, 0.15) is 49.4 Å². The summed E-state index contributed by atoms with van der Waals surface area (Å²) in [6.45, 7) is 6.30. The summed E-state index contributed by atoms with van der Waals surface area (Å²) in [5.41, 5.74) is 0.587. The molecule has 1 heterocycles. The lowest BCUT2D eigenvalue weighted by molar-refractivity contribution is 0.0830. The third-order valence-electron chi connectivity index (χ3n) is 3.58. The number of aromatic nitrogens is 2. The molecule has 2 rings (SSSR count). The Morgan fingerprint density at radius 2 is 1.88 bits per heavy atom. The minimum atomic E-state index is 0.156. The van der Waals surface area contributed by atoms with Crippen LogP contribution in [0.15, 0.2) is 12.3 Å². The summed E-state index contributed by atoms with van der Waals surface area (Å²) in [6, 6.07) is 1.74. The van der Waals surface area contributed by atoms with Gasteiger partial charge < -0.3 is 0 Å². The largest absolute Gasteiger partial charge is 0.292 e. The average molecular weight is 232 g/mol. The number of nitrogens with zero attached hydrogens (tertiary/aromatic N) is 2. The van der Waals surface area contributed by atoms with Gasteiger partial charge >= 0.3 is 0 Å². The maximum atomic E-state index is 12.4. The molecule has 0 amide bonds. The second-order valence-corrected chi connectivity index (χ2v) is 5.47. The van der Waals surface area contributed by atoms with Crippen LogP contribution in [0.25, 0.3) is 0 Å². The van der Waals surface area contributed by atoms with Crippen molar-refractivity contribution < 1.29 is 4.79 Å². The molecule has 0 aromatic carbocycles. The van der Waals surface area contributed by atoms with E-state index in [1.807, 2.05) is 6.92 Å². The van der Waals surface area contributed by atoms with Gasteiger partial charge in [-0.25, -0.2) is 9.97 Å². The van der Waals surface area contributed by atoms with Gasteiger partial charge in [-0.3, -0.25) is 4.79 Å².